The van der Waals surface area contributed by atoms with Gasteiger partial charge in [0.15, 0.2) is 17.8 Å². The maximum Gasteiger partial charge on any atom is 0.338 e. The van der Waals surface area contributed by atoms with E-state index in [1.54, 1.807) is 12.1 Å². The number of phenolic OH excluding ortho intramolecular Hbond substituents is 1. The number of benzene rings is 2. The van der Waals surface area contributed by atoms with Crippen molar-refractivity contribution < 1.29 is 29.0 Å². The molecule has 2 N–H and O–H groups in total. The van der Waals surface area contributed by atoms with Crippen LogP contribution in [0.3, 0.4) is 0 Å². The molecule has 0 aromatic heterocycles. The van der Waals surface area contributed by atoms with Crippen molar-refractivity contribution in [2.24, 2.45) is 5.92 Å². The van der Waals surface area contributed by atoms with Crippen molar-refractivity contribution in [1.29, 1.82) is 0 Å². The Morgan fingerprint density at radius 2 is 1.86 bits per heavy atom. The minimum absolute atomic E-state index is 0.121. The van der Waals surface area contributed by atoms with E-state index in [9.17, 15) is 19.5 Å². The summed E-state index contributed by atoms with van der Waals surface area (Å²) in [5, 5.41) is 12.7. The molecule has 0 aliphatic heterocycles. The average molecular weight is 385 g/mol. The number of esters is 1. The monoisotopic (exact) mass is 385 g/mol. The number of amides is 1. The summed E-state index contributed by atoms with van der Waals surface area (Å²) in [4.78, 5) is 36.2. The van der Waals surface area contributed by atoms with Gasteiger partial charge in [0, 0.05) is 17.7 Å². The molecule has 148 valence electrons. The van der Waals surface area contributed by atoms with E-state index in [1.165, 1.54) is 32.4 Å². The van der Waals surface area contributed by atoms with Crippen LogP contribution in [0.4, 0.5) is 0 Å². The number of hydrogen-bond donors (Lipinski definition) is 2. The number of rotatable bonds is 7. The van der Waals surface area contributed by atoms with Crippen molar-refractivity contribution in [2.45, 2.75) is 13.8 Å². The van der Waals surface area contributed by atoms with Crippen LogP contribution in [0, 0.1) is 5.92 Å². The summed E-state index contributed by atoms with van der Waals surface area (Å²) in [6.45, 7) is 4.45. The van der Waals surface area contributed by atoms with Crippen molar-refractivity contribution >= 4 is 18.2 Å². The minimum Gasteiger partial charge on any atom is -0.504 e. The highest BCUT2D eigenvalue weighted by molar-refractivity contribution is 6.04. The number of ether oxygens (including phenoxy) is 2. The second-order valence-corrected chi connectivity index (χ2v) is 6.58. The lowest BCUT2D eigenvalue weighted by Crippen LogP contribution is -2.27. The van der Waals surface area contributed by atoms with Crippen LogP contribution in [0.15, 0.2) is 30.3 Å². The van der Waals surface area contributed by atoms with Gasteiger partial charge in [-0.2, -0.15) is 0 Å². The van der Waals surface area contributed by atoms with E-state index in [-0.39, 0.29) is 34.5 Å². The highest BCUT2D eigenvalue weighted by atomic mass is 16.5. The molecule has 7 nitrogen and oxygen atoms in total. The van der Waals surface area contributed by atoms with Gasteiger partial charge in [-0.1, -0.05) is 19.9 Å². The number of methoxy groups -OCH3 is 2. The molecule has 0 heterocycles. The number of carbonyl (C=O) groups is 3. The Bertz CT molecular complexity index is 904. The number of hydrogen-bond acceptors (Lipinski definition) is 6. The molecule has 28 heavy (non-hydrogen) atoms. The highest BCUT2D eigenvalue weighted by Crippen LogP contribution is 2.36. The van der Waals surface area contributed by atoms with E-state index in [0.29, 0.717) is 29.5 Å². The SMILES string of the molecule is COC(=O)c1cc(C(=O)NCC(C)C)ccc1-c1cc(OC)c(O)cc1C=O. The van der Waals surface area contributed by atoms with E-state index in [4.69, 9.17) is 9.47 Å². The normalized spacial score (nSPS) is 10.5. The smallest absolute Gasteiger partial charge is 0.338 e. The lowest BCUT2D eigenvalue weighted by atomic mass is 9.93. The van der Waals surface area contributed by atoms with E-state index in [1.807, 2.05) is 13.8 Å². The summed E-state index contributed by atoms with van der Waals surface area (Å²) in [7, 11) is 2.61. The molecule has 7 heteroatoms. The highest BCUT2D eigenvalue weighted by Gasteiger charge is 2.20. The number of aldehydes is 1. The van der Waals surface area contributed by atoms with Crippen molar-refractivity contribution in [3.63, 3.8) is 0 Å². The predicted molar refractivity (Wildman–Crippen MR) is 104 cm³/mol. The van der Waals surface area contributed by atoms with Crippen molar-refractivity contribution in [3.8, 4) is 22.6 Å². The van der Waals surface area contributed by atoms with Gasteiger partial charge in [0.2, 0.25) is 0 Å². The standard InChI is InChI=1S/C21H23NO6/c1-12(2)10-22-20(25)13-5-6-15(17(7-13)21(26)28-4)16-9-19(27-3)18(24)8-14(16)11-23/h5-9,11-12,24H,10H2,1-4H3,(H,22,25). The quantitative estimate of drug-likeness (QED) is 0.561. The van der Waals surface area contributed by atoms with Gasteiger partial charge < -0.3 is 19.9 Å². The molecule has 0 unspecified atom stereocenters. The fraction of sp³-hybridized carbons (Fsp3) is 0.286. The largest absolute Gasteiger partial charge is 0.504 e. The van der Waals surface area contributed by atoms with Gasteiger partial charge >= 0.3 is 5.97 Å². The van der Waals surface area contributed by atoms with E-state index >= 15 is 0 Å². The lowest BCUT2D eigenvalue weighted by Gasteiger charge is -2.14. The number of aromatic hydroxyl groups is 1. The van der Waals surface area contributed by atoms with Crippen molar-refractivity contribution in [2.75, 3.05) is 20.8 Å². The van der Waals surface area contributed by atoms with Gasteiger partial charge in [-0.25, -0.2) is 4.79 Å². The molecule has 0 saturated heterocycles. The van der Waals surface area contributed by atoms with Crippen molar-refractivity contribution in [3.05, 3.63) is 47.0 Å². The summed E-state index contributed by atoms with van der Waals surface area (Å²) >= 11 is 0. The molecular formula is C21H23NO6. The summed E-state index contributed by atoms with van der Waals surface area (Å²) in [5.74, 6) is -0.738. The Labute approximate surface area is 163 Å². The predicted octanol–water partition coefficient (Wildman–Crippen LogP) is 3.05. The first kappa shape index (κ1) is 21.0. The summed E-state index contributed by atoms with van der Waals surface area (Å²) in [5.41, 5.74) is 1.34. The number of phenols is 1. The molecule has 2 aromatic carbocycles. The fourth-order valence-electron chi connectivity index (χ4n) is 2.68. The third kappa shape index (κ3) is 4.49. The zero-order valence-electron chi connectivity index (χ0n) is 16.2. The molecular weight excluding hydrogens is 362 g/mol. The zero-order chi connectivity index (χ0) is 20.8. The first-order valence-corrected chi connectivity index (χ1v) is 8.69. The Morgan fingerprint density at radius 1 is 1.14 bits per heavy atom. The Morgan fingerprint density at radius 3 is 2.43 bits per heavy atom. The summed E-state index contributed by atoms with van der Waals surface area (Å²) in [6, 6.07) is 7.26. The summed E-state index contributed by atoms with van der Waals surface area (Å²) < 4.78 is 9.95. The third-order valence-corrected chi connectivity index (χ3v) is 4.13. The molecule has 0 fully saturated rings. The van der Waals surface area contributed by atoms with Gasteiger partial charge in [-0.15, -0.1) is 0 Å². The molecule has 0 spiro atoms. The second kappa shape index (κ2) is 9.03. The summed E-state index contributed by atoms with van der Waals surface area (Å²) in [6.07, 6.45) is 0.568. The van der Waals surface area contributed by atoms with Crippen LogP contribution >= 0.6 is 0 Å². The van der Waals surface area contributed by atoms with Crippen LogP contribution in [0.5, 0.6) is 11.5 Å². The van der Waals surface area contributed by atoms with Crippen LogP contribution in [0.2, 0.25) is 0 Å². The second-order valence-electron chi connectivity index (χ2n) is 6.58. The van der Waals surface area contributed by atoms with E-state index < -0.39 is 5.97 Å². The van der Waals surface area contributed by atoms with Crippen molar-refractivity contribution in [1.82, 2.24) is 5.32 Å². The molecule has 0 radical (unpaired) electrons. The van der Waals surface area contributed by atoms with Gasteiger partial charge in [-0.3, -0.25) is 9.59 Å². The molecule has 2 aromatic rings. The minimum atomic E-state index is -0.655. The van der Waals surface area contributed by atoms with Crippen LogP contribution in [-0.4, -0.2) is 44.0 Å². The topological polar surface area (TPSA) is 102 Å². The molecule has 1 amide bonds. The van der Waals surface area contributed by atoms with Crippen LogP contribution in [0.1, 0.15) is 44.9 Å². The number of nitrogens with one attached hydrogen (secondary N) is 1. The van der Waals surface area contributed by atoms with Gasteiger partial charge in [-0.05, 0) is 41.3 Å². The molecule has 0 atom stereocenters. The van der Waals surface area contributed by atoms with E-state index in [0.717, 1.165) is 0 Å². The van der Waals surface area contributed by atoms with E-state index in [2.05, 4.69) is 5.32 Å². The molecule has 0 aliphatic rings. The molecule has 0 bridgehead atoms. The fourth-order valence-corrected chi connectivity index (χ4v) is 2.68. The maximum absolute atomic E-state index is 12.4. The maximum atomic E-state index is 12.4. The van der Waals surface area contributed by atoms with Crippen LogP contribution in [-0.2, 0) is 4.74 Å². The van der Waals surface area contributed by atoms with Crippen LogP contribution in [0.25, 0.3) is 11.1 Å². The first-order valence-electron chi connectivity index (χ1n) is 8.69. The Hall–Kier alpha value is -3.35. The third-order valence-electron chi connectivity index (χ3n) is 4.13. The zero-order valence-corrected chi connectivity index (χ0v) is 16.2. The van der Waals surface area contributed by atoms with Gasteiger partial charge in [0.25, 0.3) is 5.91 Å². The molecule has 2 rings (SSSR count). The van der Waals surface area contributed by atoms with Crippen LogP contribution < -0.4 is 10.1 Å². The Balaban J connectivity index is 2.60. The molecule has 0 saturated carbocycles. The molecule has 0 aliphatic carbocycles. The first-order chi connectivity index (χ1) is 13.3. The van der Waals surface area contributed by atoms with Gasteiger partial charge in [0.05, 0.1) is 19.8 Å². The average Bonchev–Trinajstić information content (AvgIpc) is 2.70. The Kier molecular flexibility index (Phi) is 6.76. The lowest BCUT2D eigenvalue weighted by molar-refractivity contribution is 0.0601. The van der Waals surface area contributed by atoms with Gasteiger partial charge in [0.1, 0.15) is 0 Å². The number of carbonyl (C=O) groups excluding carboxylic acids is 3.